The molecule has 5 nitrogen and oxygen atoms in total. The molecule has 0 fully saturated rings. The zero-order valence-electron chi connectivity index (χ0n) is 11.7. The molecule has 2 rings (SSSR count). The number of nitrogens with one attached hydrogen (secondary N) is 1. The molecule has 0 saturated heterocycles. The predicted molar refractivity (Wildman–Crippen MR) is 83.5 cm³/mol. The van der Waals surface area contributed by atoms with E-state index in [1.54, 1.807) is 31.2 Å². The minimum Gasteiger partial charge on any atom is -0.425 e. The molecule has 0 bridgehead atoms. The van der Waals surface area contributed by atoms with Crippen LogP contribution >= 0.6 is 11.6 Å². The van der Waals surface area contributed by atoms with Crippen LogP contribution in [-0.2, 0) is 14.8 Å². The Labute approximate surface area is 133 Å². The third kappa shape index (κ3) is 4.30. The predicted octanol–water partition coefficient (Wildman–Crippen LogP) is 2.53. The molecule has 0 aliphatic rings. The van der Waals surface area contributed by atoms with Gasteiger partial charge >= 0.3 is 5.97 Å². The van der Waals surface area contributed by atoms with Crippen LogP contribution in [0.3, 0.4) is 0 Å². The van der Waals surface area contributed by atoms with Gasteiger partial charge in [-0.1, -0.05) is 35.9 Å². The van der Waals surface area contributed by atoms with E-state index in [4.69, 9.17) is 16.3 Å². The zero-order valence-corrected chi connectivity index (χ0v) is 13.3. The molecule has 0 aromatic heterocycles. The van der Waals surface area contributed by atoms with E-state index in [2.05, 4.69) is 4.72 Å². The molecule has 2 aromatic rings. The summed E-state index contributed by atoms with van der Waals surface area (Å²) >= 11 is 5.75. The number of carbonyl (C=O) groups is 1. The first-order valence-electron chi connectivity index (χ1n) is 6.40. The van der Waals surface area contributed by atoms with Crippen LogP contribution in [0.4, 0.5) is 0 Å². The lowest BCUT2D eigenvalue weighted by Crippen LogP contribution is -2.32. The summed E-state index contributed by atoms with van der Waals surface area (Å²) in [5.74, 6) is -0.297. The van der Waals surface area contributed by atoms with Crippen LogP contribution in [0.2, 0.25) is 5.02 Å². The van der Waals surface area contributed by atoms with Crippen molar-refractivity contribution in [2.45, 2.75) is 11.8 Å². The highest BCUT2D eigenvalue weighted by Crippen LogP contribution is 2.17. The standard InChI is InChI=1S/C15H14ClNO4S/c1-11-5-2-3-8-14(11)21-15(18)10-17-22(19,20)13-7-4-6-12(16)9-13/h2-9,17H,10H2,1H3. The summed E-state index contributed by atoms with van der Waals surface area (Å²) in [4.78, 5) is 11.7. The summed E-state index contributed by atoms with van der Waals surface area (Å²) in [7, 11) is -3.82. The smallest absolute Gasteiger partial charge is 0.326 e. The first-order valence-corrected chi connectivity index (χ1v) is 8.26. The normalized spacial score (nSPS) is 11.2. The van der Waals surface area contributed by atoms with Crippen LogP contribution in [0.1, 0.15) is 5.56 Å². The fourth-order valence-corrected chi connectivity index (χ4v) is 2.97. The van der Waals surface area contributed by atoms with Gasteiger partial charge in [-0.2, -0.15) is 4.72 Å². The van der Waals surface area contributed by atoms with E-state index in [-0.39, 0.29) is 4.90 Å². The lowest BCUT2D eigenvalue weighted by Gasteiger charge is -2.09. The van der Waals surface area contributed by atoms with E-state index in [1.807, 2.05) is 6.07 Å². The molecule has 0 amide bonds. The number of aryl methyl sites for hydroxylation is 1. The van der Waals surface area contributed by atoms with E-state index in [0.717, 1.165) is 5.56 Å². The van der Waals surface area contributed by atoms with Crippen LogP contribution in [0.5, 0.6) is 5.75 Å². The van der Waals surface area contributed by atoms with Crippen molar-refractivity contribution in [2.24, 2.45) is 0 Å². The molecule has 1 N–H and O–H groups in total. The molecule has 7 heteroatoms. The lowest BCUT2D eigenvalue weighted by molar-refractivity contribution is -0.133. The quantitative estimate of drug-likeness (QED) is 0.671. The SMILES string of the molecule is Cc1ccccc1OC(=O)CNS(=O)(=O)c1cccc(Cl)c1. The third-order valence-electron chi connectivity index (χ3n) is 2.83. The first-order chi connectivity index (χ1) is 10.4. The Kier molecular flexibility index (Phi) is 5.18. The van der Waals surface area contributed by atoms with Crippen LogP contribution in [-0.4, -0.2) is 20.9 Å². The van der Waals surface area contributed by atoms with Crippen molar-refractivity contribution in [3.8, 4) is 5.75 Å². The first kappa shape index (κ1) is 16.5. The molecule has 0 radical (unpaired) electrons. The van der Waals surface area contributed by atoms with Crippen LogP contribution in [0.15, 0.2) is 53.4 Å². The van der Waals surface area contributed by atoms with Gasteiger partial charge in [-0.15, -0.1) is 0 Å². The average Bonchev–Trinajstić information content (AvgIpc) is 2.48. The van der Waals surface area contributed by atoms with Crippen molar-refractivity contribution in [1.82, 2.24) is 4.72 Å². The average molecular weight is 340 g/mol. The van der Waals surface area contributed by atoms with E-state index in [9.17, 15) is 13.2 Å². The largest absolute Gasteiger partial charge is 0.425 e. The second kappa shape index (κ2) is 6.91. The van der Waals surface area contributed by atoms with Crippen LogP contribution in [0, 0.1) is 6.92 Å². The molecule has 116 valence electrons. The number of halogens is 1. The molecule has 0 heterocycles. The summed E-state index contributed by atoms with van der Waals surface area (Å²) < 4.78 is 31.4. The van der Waals surface area contributed by atoms with E-state index < -0.39 is 22.5 Å². The van der Waals surface area contributed by atoms with Crippen LogP contribution < -0.4 is 9.46 Å². The maximum absolute atomic E-state index is 12.0. The molecule has 0 aliphatic carbocycles. The lowest BCUT2D eigenvalue weighted by atomic mass is 10.2. The van der Waals surface area contributed by atoms with E-state index >= 15 is 0 Å². The third-order valence-corrected chi connectivity index (χ3v) is 4.46. The number of rotatable bonds is 5. The molecule has 0 saturated carbocycles. The van der Waals surface area contributed by atoms with Gasteiger partial charge in [0.05, 0.1) is 4.90 Å². The molecular formula is C15H14ClNO4S. The van der Waals surface area contributed by atoms with E-state index in [1.165, 1.54) is 18.2 Å². The Morgan fingerprint density at radius 3 is 2.59 bits per heavy atom. The maximum Gasteiger partial charge on any atom is 0.326 e. The maximum atomic E-state index is 12.0. The number of hydrogen-bond acceptors (Lipinski definition) is 4. The van der Waals surface area contributed by atoms with Crippen molar-refractivity contribution < 1.29 is 17.9 Å². The van der Waals surface area contributed by atoms with Gasteiger partial charge in [0.15, 0.2) is 0 Å². The summed E-state index contributed by atoms with van der Waals surface area (Å²) in [6.07, 6.45) is 0. The summed E-state index contributed by atoms with van der Waals surface area (Å²) in [6.45, 7) is 1.32. The Morgan fingerprint density at radius 1 is 1.18 bits per heavy atom. The Bertz CT molecular complexity index is 790. The van der Waals surface area contributed by atoms with Gasteiger partial charge < -0.3 is 4.74 Å². The monoisotopic (exact) mass is 339 g/mol. The van der Waals surface area contributed by atoms with Gasteiger partial charge in [0, 0.05) is 5.02 Å². The highest BCUT2D eigenvalue weighted by Gasteiger charge is 2.17. The van der Waals surface area contributed by atoms with Gasteiger partial charge in [-0.25, -0.2) is 8.42 Å². The highest BCUT2D eigenvalue weighted by molar-refractivity contribution is 7.89. The van der Waals surface area contributed by atoms with Crippen LogP contribution in [0.25, 0.3) is 0 Å². The summed E-state index contributed by atoms with van der Waals surface area (Å²) in [6, 6.07) is 12.7. The van der Waals surface area contributed by atoms with Crippen molar-refractivity contribution >= 4 is 27.6 Å². The van der Waals surface area contributed by atoms with Gasteiger partial charge in [0.25, 0.3) is 0 Å². The van der Waals surface area contributed by atoms with Gasteiger partial charge in [-0.3, -0.25) is 4.79 Å². The Hall–Kier alpha value is -1.89. The number of ether oxygens (including phenoxy) is 1. The Morgan fingerprint density at radius 2 is 1.91 bits per heavy atom. The number of carbonyl (C=O) groups excluding carboxylic acids is 1. The molecule has 0 aliphatic heterocycles. The molecule has 22 heavy (non-hydrogen) atoms. The highest BCUT2D eigenvalue weighted by atomic mass is 35.5. The molecule has 0 unspecified atom stereocenters. The van der Waals surface area contributed by atoms with Crippen molar-refractivity contribution in [2.75, 3.05) is 6.54 Å². The number of benzene rings is 2. The van der Waals surface area contributed by atoms with Gasteiger partial charge in [-0.05, 0) is 36.8 Å². The van der Waals surface area contributed by atoms with Crippen molar-refractivity contribution in [1.29, 1.82) is 0 Å². The van der Waals surface area contributed by atoms with Crippen molar-refractivity contribution in [3.05, 3.63) is 59.1 Å². The summed E-state index contributed by atoms with van der Waals surface area (Å²) in [5, 5.41) is 0.297. The second-order valence-corrected chi connectivity index (χ2v) is 6.72. The number of hydrogen-bond donors (Lipinski definition) is 1. The molecule has 2 aromatic carbocycles. The van der Waals surface area contributed by atoms with E-state index in [0.29, 0.717) is 10.8 Å². The molecule has 0 atom stereocenters. The Balaban J connectivity index is 2.00. The van der Waals surface area contributed by atoms with Crippen molar-refractivity contribution in [3.63, 3.8) is 0 Å². The van der Waals surface area contributed by atoms with Gasteiger partial charge in [0.1, 0.15) is 12.3 Å². The molecule has 0 spiro atoms. The zero-order chi connectivity index (χ0) is 16.2. The number of esters is 1. The fraction of sp³-hybridized carbons (Fsp3) is 0.133. The minimum absolute atomic E-state index is 0.0105. The topological polar surface area (TPSA) is 72.5 Å². The minimum atomic E-state index is -3.82. The molecular weight excluding hydrogens is 326 g/mol. The fourth-order valence-electron chi connectivity index (χ4n) is 1.70. The number of sulfonamides is 1. The van der Waals surface area contributed by atoms with Gasteiger partial charge in [0.2, 0.25) is 10.0 Å². The summed E-state index contributed by atoms with van der Waals surface area (Å²) in [5.41, 5.74) is 0.786. The second-order valence-electron chi connectivity index (χ2n) is 4.52. The number of para-hydroxylation sites is 1.